The van der Waals surface area contributed by atoms with E-state index < -0.39 is 0 Å². The largest absolute Gasteiger partial charge is 0.356 e. The summed E-state index contributed by atoms with van der Waals surface area (Å²) in [5, 5.41) is 3.25. The van der Waals surface area contributed by atoms with E-state index in [4.69, 9.17) is 0 Å². The summed E-state index contributed by atoms with van der Waals surface area (Å²) in [6, 6.07) is 0. The highest BCUT2D eigenvalue weighted by Gasteiger charge is 2.40. The molecule has 2 heteroatoms. The average Bonchev–Trinajstić information content (AvgIpc) is 2.73. The molecule has 1 rings (SSSR count). The summed E-state index contributed by atoms with van der Waals surface area (Å²) in [5.74, 6) is 0.799. The van der Waals surface area contributed by atoms with Crippen LogP contribution >= 0.6 is 0 Å². The topological polar surface area (TPSA) is 29.1 Å². The second-order valence-corrected chi connectivity index (χ2v) is 7.25. The van der Waals surface area contributed by atoms with E-state index in [-0.39, 0.29) is 5.41 Å². The van der Waals surface area contributed by atoms with Crippen molar-refractivity contribution in [2.24, 2.45) is 11.3 Å². The summed E-state index contributed by atoms with van der Waals surface area (Å²) in [4.78, 5) is 12.7. The zero-order chi connectivity index (χ0) is 15.6. The maximum atomic E-state index is 12.7. The molecule has 1 aliphatic carbocycles. The van der Waals surface area contributed by atoms with Crippen molar-refractivity contribution < 1.29 is 4.79 Å². The van der Waals surface area contributed by atoms with Crippen LogP contribution in [0.4, 0.5) is 0 Å². The van der Waals surface area contributed by atoms with E-state index in [1.54, 1.807) is 0 Å². The molecule has 1 N–H and O–H groups in total. The highest BCUT2D eigenvalue weighted by atomic mass is 16.2. The first kappa shape index (κ1) is 18.5. The van der Waals surface area contributed by atoms with E-state index in [1.807, 2.05) is 0 Å². The molecular formula is C19H37NO. The predicted molar refractivity (Wildman–Crippen MR) is 91.4 cm³/mol. The Morgan fingerprint density at radius 3 is 2.10 bits per heavy atom. The van der Waals surface area contributed by atoms with Gasteiger partial charge in [-0.3, -0.25) is 4.79 Å². The van der Waals surface area contributed by atoms with Gasteiger partial charge in [-0.15, -0.1) is 0 Å². The van der Waals surface area contributed by atoms with Crippen molar-refractivity contribution in [1.82, 2.24) is 5.32 Å². The molecule has 0 heterocycles. The molecule has 1 fully saturated rings. The normalized spacial score (nSPS) is 18.5. The number of carbonyl (C=O) groups excluding carboxylic acids is 1. The first-order valence-corrected chi connectivity index (χ1v) is 9.42. The minimum atomic E-state index is -0.0846. The molecule has 0 atom stereocenters. The van der Waals surface area contributed by atoms with E-state index in [2.05, 4.69) is 26.1 Å². The molecule has 2 nitrogen and oxygen atoms in total. The van der Waals surface area contributed by atoms with Crippen molar-refractivity contribution in [3.05, 3.63) is 0 Å². The molecule has 1 aliphatic rings. The van der Waals surface area contributed by atoms with Crippen LogP contribution in [-0.4, -0.2) is 12.5 Å². The van der Waals surface area contributed by atoms with Gasteiger partial charge in [0.15, 0.2) is 0 Å². The second-order valence-electron chi connectivity index (χ2n) is 7.25. The van der Waals surface area contributed by atoms with Gasteiger partial charge in [0.2, 0.25) is 5.91 Å². The van der Waals surface area contributed by atoms with Crippen LogP contribution in [0.3, 0.4) is 0 Å². The number of amides is 1. The van der Waals surface area contributed by atoms with Crippen LogP contribution < -0.4 is 5.32 Å². The van der Waals surface area contributed by atoms with Crippen molar-refractivity contribution in [2.45, 2.75) is 97.8 Å². The van der Waals surface area contributed by atoms with Gasteiger partial charge < -0.3 is 5.32 Å². The summed E-state index contributed by atoms with van der Waals surface area (Å²) >= 11 is 0. The molecule has 0 spiro atoms. The van der Waals surface area contributed by atoms with E-state index in [0.717, 1.165) is 25.8 Å². The van der Waals surface area contributed by atoms with Crippen LogP contribution in [-0.2, 0) is 4.79 Å². The smallest absolute Gasteiger partial charge is 0.226 e. The number of nitrogens with one attached hydrogen (secondary N) is 1. The van der Waals surface area contributed by atoms with Crippen molar-refractivity contribution in [2.75, 3.05) is 6.54 Å². The summed E-state index contributed by atoms with van der Waals surface area (Å²) < 4.78 is 0. The lowest BCUT2D eigenvalue weighted by Gasteiger charge is -2.35. The minimum absolute atomic E-state index is 0.0846. The third-order valence-electron chi connectivity index (χ3n) is 5.37. The standard InChI is InChI=1S/C19H37NO/c1-4-5-6-7-10-13-16-20-18(21)19(17(2)3)14-11-8-9-12-15-19/h17H,4-16H2,1-3H3,(H,20,21). The summed E-state index contributed by atoms with van der Waals surface area (Å²) in [7, 11) is 0. The Morgan fingerprint density at radius 1 is 0.952 bits per heavy atom. The molecule has 0 aromatic carbocycles. The molecule has 0 aliphatic heterocycles. The average molecular weight is 296 g/mol. The van der Waals surface area contributed by atoms with Gasteiger partial charge in [0.1, 0.15) is 0 Å². The number of unbranched alkanes of at least 4 members (excludes halogenated alkanes) is 5. The maximum absolute atomic E-state index is 12.7. The number of rotatable bonds is 9. The van der Waals surface area contributed by atoms with E-state index in [9.17, 15) is 4.79 Å². The number of carbonyl (C=O) groups is 1. The predicted octanol–water partition coefficient (Wildman–Crippen LogP) is 5.46. The quantitative estimate of drug-likeness (QED) is 0.444. The zero-order valence-corrected chi connectivity index (χ0v) is 14.7. The molecule has 1 saturated carbocycles. The van der Waals surface area contributed by atoms with Gasteiger partial charge in [-0.2, -0.15) is 0 Å². The molecule has 0 aromatic rings. The van der Waals surface area contributed by atoms with Crippen molar-refractivity contribution >= 4 is 5.91 Å². The van der Waals surface area contributed by atoms with Gasteiger partial charge in [0.05, 0.1) is 5.41 Å². The van der Waals surface area contributed by atoms with Gasteiger partial charge in [0.25, 0.3) is 0 Å². The van der Waals surface area contributed by atoms with E-state index in [0.29, 0.717) is 11.8 Å². The van der Waals surface area contributed by atoms with Crippen molar-refractivity contribution in [3.8, 4) is 0 Å². The molecule has 21 heavy (non-hydrogen) atoms. The fraction of sp³-hybridized carbons (Fsp3) is 0.947. The molecule has 0 saturated heterocycles. The molecular weight excluding hydrogens is 258 g/mol. The Bertz CT molecular complexity index is 277. The van der Waals surface area contributed by atoms with Gasteiger partial charge in [-0.25, -0.2) is 0 Å². The van der Waals surface area contributed by atoms with Crippen LogP contribution in [0.1, 0.15) is 97.8 Å². The summed E-state index contributed by atoms with van der Waals surface area (Å²) in [5.41, 5.74) is -0.0846. The maximum Gasteiger partial charge on any atom is 0.226 e. The Kier molecular flexibility index (Phi) is 9.03. The Hall–Kier alpha value is -0.530. The van der Waals surface area contributed by atoms with Crippen LogP contribution in [0.2, 0.25) is 0 Å². The summed E-state index contributed by atoms with van der Waals surface area (Å²) in [6.45, 7) is 7.59. The SMILES string of the molecule is CCCCCCCCNC(=O)C1(C(C)C)CCCCCC1. The number of hydrogen-bond acceptors (Lipinski definition) is 1. The van der Waals surface area contributed by atoms with Crippen molar-refractivity contribution in [1.29, 1.82) is 0 Å². The van der Waals surface area contributed by atoms with Gasteiger partial charge in [-0.1, -0.05) is 78.6 Å². The van der Waals surface area contributed by atoms with Gasteiger partial charge >= 0.3 is 0 Å². The van der Waals surface area contributed by atoms with E-state index >= 15 is 0 Å². The third-order valence-corrected chi connectivity index (χ3v) is 5.37. The Morgan fingerprint density at radius 2 is 1.52 bits per heavy atom. The molecule has 0 radical (unpaired) electrons. The first-order chi connectivity index (χ1) is 10.1. The van der Waals surface area contributed by atoms with Crippen molar-refractivity contribution in [3.63, 3.8) is 0 Å². The lowest BCUT2D eigenvalue weighted by atomic mass is 9.70. The van der Waals surface area contributed by atoms with Gasteiger partial charge in [-0.05, 0) is 25.2 Å². The fourth-order valence-electron chi connectivity index (χ4n) is 3.71. The second kappa shape index (κ2) is 10.2. The Labute approximate surface area is 132 Å². The lowest BCUT2D eigenvalue weighted by molar-refractivity contribution is -0.134. The molecule has 0 bridgehead atoms. The summed E-state index contributed by atoms with van der Waals surface area (Å²) in [6.07, 6.45) is 15.0. The molecule has 0 aromatic heterocycles. The monoisotopic (exact) mass is 295 g/mol. The molecule has 1 amide bonds. The zero-order valence-electron chi connectivity index (χ0n) is 14.7. The van der Waals surface area contributed by atoms with Gasteiger partial charge in [0, 0.05) is 6.54 Å². The lowest BCUT2D eigenvalue weighted by Crippen LogP contribution is -2.44. The highest BCUT2D eigenvalue weighted by molar-refractivity contribution is 5.82. The first-order valence-electron chi connectivity index (χ1n) is 9.42. The number of hydrogen-bond donors (Lipinski definition) is 1. The van der Waals surface area contributed by atoms with E-state index in [1.165, 1.54) is 57.8 Å². The van der Waals surface area contributed by atoms with Crippen LogP contribution in [0.25, 0.3) is 0 Å². The third kappa shape index (κ3) is 6.00. The molecule has 0 unspecified atom stereocenters. The van der Waals surface area contributed by atoms with Crippen LogP contribution in [0.15, 0.2) is 0 Å². The van der Waals surface area contributed by atoms with Crippen LogP contribution in [0.5, 0.6) is 0 Å². The Balaban J connectivity index is 2.33. The fourth-order valence-corrected chi connectivity index (χ4v) is 3.71. The molecule has 124 valence electrons. The minimum Gasteiger partial charge on any atom is -0.356 e. The van der Waals surface area contributed by atoms with Crippen LogP contribution in [0, 0.1) is 11.3 Å². The highest BCUT2D eigenvalue weighted by Crippen LogP contribution is 2.41.